The fourth-order valence-electron chi connectivity index (χ4n) is 1.81. The summed E-state index contributed by atoms with van der Waals surface area (Å²) >= 11 is 0. The van der Waals surface area contributed by atoms with Crippen LogP contribution in [0.25, 0.3) is 0 Å². The Kier molecular flexibility index (Phi) is 7.10. The second kappa shape index (κ2) is 8.57. The fourth-order valence-corrected chi connectivity index (χ4v) is 2.59. The van der Waals surface area contributed by atoms with E-state index in [0.29, 0.717) is 24.8 Å². The minimum absolute atomic E-state index is 0.00304. The molecule has 1 atom stereocenters. The highest BCUT2D eigenvalue weighted by molar-refractivity contribution is 7.90. The van der Waals surface area contributed by atoms with Crippen molar-refractivity contribution in [1.82, 2.24) is 15.6 Å². The van der Waals surface area contributed by atoms with E-state index in [9.17, 15) is 8.42 Å². The van der Waals surface area contributed by atoms with Crippen molar-refractivity contribution < 1.29 is 13.2 Å². The average molecular weight is 328 g/mol. The van der Waals surface area contributed by atoms with E-state index in [-0.39, 0.29) is 11.8 Å². The maximum atomic E-state index is 11.2. The quantitative estimate of drug-likeness (QED) is 0.562. The highest BCUT2D eigenvalue weighted by Crippen LogP contribution is 2.12. The zero-order valence-electron chi connectivity index (χ0n) is 13.5. The van der Waals surface area contributed by atoms with Gasteiger partial charge >= 0.3 is 0 Å². The zero-order chi connectivity index (χ0) is 16.6. The number of sulfone groups is 1. The lowest BCUT2D eigenvalue weighted by Gasteiger charge is -2.18. The molecule has 0 bridgehead atoms. The summed E-state index contributed by atoms with van der Waals surface area (Å²) in [6.07, 6.45) is 3.43. The van der Waals surface area contributed by atoms with Crippen molar-refractivity contribution in [3.8, 4) is 5.88 Å². The van der Waals surface area contributed by atoms with Gasteiger partial charge < -0.3 is 15.4 Å². The van der Waals surface area contributed by atoms with Crippen LogP contribution in [0.15, 0.2) is 23.3 Å². The summed E-state index contributed by atoms with van der Waals surface area (Å²) in [5, 5.41) is 6.32. The van der Waals surface area contributed by atoms with Crippen molar-refractivity contribution in [2.24, 2.45) is 4.99 Å². The first-order valence-electron chi connectivity index (χ1n) is 6.98. The topological polar surface area (TPSA) is 92.7 Å². The van der Waals surface area contributed by atoms with Gasteiger partial charge in [-0.2, -0.15) is 0 Å². The molecule has 0 radical (unpaired) electrons. The van der Waals surface area contributed by atoms with Crippen LogP contribution in [-0.4, -0.2) is 51.6 Å². The van der Waals surface area contributed by atoms with Crippen LogP contribution in [0, 0.1) is 0 Å². The molecule has 0 saturated heterocycles. The van der Waals surface area contributed by atoms with Crippen LogP contribution in [0.1, 0.15) is 18.9 Å². The third-order valence-corrected chi connectivity index (χ3v) is 4.00. The standard InChI is InChI=1S/C14H24N4O3S/c1-11(7-9-22(4,19)20)18-14(15-2)17-10-12-6-5-8-16-13(12)21-3/h5-6,8,11H,7,9-10H2,1-4H3,(H2,15,17,18). The Bertz CT molecular complexity index is 602. The van der Waals surface area contributed by atoms with Gasteiger partial charge in [0, 0.05) is 37.7 Å². The van der Waals surface area contributed by atoms with Gasteiger partial charge in [0.05, 0.1) is 12.9 Å². The summed E-state index contributed by atoms with van der Waals surface area (Å²) in [5.74, 6) is 1.32. The van der Waals surface area contributed by atoms with Crippen LogP contribution in [0.3, 0.4) is 0 Å². The lowest BCUT2D eigenvalue weighted by molar-refractivity contribution is 0.392. The summed E-state index contributed by atoms with van der Waals surface area (Å²) in [4.78, 5) is 8.26. The molecule has 7 nitrogen and oxygen atoms in total. The minimum Gasteiger partial charge on any atom is -0.481 e. The fraction of sp³-hybridized carbons (Fsp3) is 0.571. The smallest absolute Gasteiger partial charge is 0.218 e. The molecule has 0 saturated carbocycles. The molecule has 0 aliphatic rings. The maximum absolute atomic E-state index is 11.2. The predicted octanol–water partition coefficient (Wildman–Crippen LogP) is 0.578. The predicted molar refractivity (Wildman–Crippen MR) is 87.9 cm³/mol. The normalized spacial score (nSPS) is 13.5. The van der Waals surface area contributed by atoms with Gasteiger partial charge in [-0.15, -0.1) is 0 Å². The third kappa shape index (κ3) is 6.75. The highest BCUT2D eigenvalue weighted by Gasteiger charge is 2.10. The molecule has 0 aromatic carbocycles. The van der Waals surface area contributed by atoms with Crippen LogP contribution < -0.4 is 15.4 Å². The molecule has 0 amide bonds. The first-order valence-corrected chi connectivity index (χ1v) is 9.04. The summed E-state index contributed by atoms with van der Waals surface area (Å²) in [6.45, 7) is 2.43. The Balaban J connectivity index is 2.52. The van der Waals surface area contributed by atoms with E-state index < -0.39 is 9.84 Å². The van der Waals surface area contributed by atoms with Gasteiger partial charge in [-0.1, -0.05) is 6.07 Å². The van der Waals surface area contributed by atoms with Crippen molar-refractivity contribution in [2.75, 3.05) is 26.2 Å². The third-order valence-electron chi connectivity index (χ3n) is 3.02. The number of pyridine rings is 1. The average Bonchev–Trinajstić information content (AvgIpc) is 2.49. The second-order valence-electron chi connectivity index (χ2n) is 5.06. The van der Waals surface area contributed by atoms with E-state index in [0.717, 1.165) is 5.56 Å². The molecule has 1 aromatic rings. The molecule has 124 valence electrons. The number of ether oxygens (including phenoxy) is 1. The molecule has 1 rings (SSSR count). The van der Waals surface area contributed by atoms with Crippen molar-refractivity contribution >= 4 is 15.8 Å². The van der Waals surface area contributed by atoms with Crippen molar-refractivity contribution in [1.29, 1.82) is 0 Å². The van der Waals surface area contributed by atoms with Crippen LogP contribution >= 0.6 is 0 Å². The molecule has 8 heteroatoms. The lowest BCUT2D eigenvalue weighted by Crippen LogP contribution is -2.42. The summed E-state index contributed by atoms with van der Waals surface area (Å²) in [6, 6.07) is 3.75. The van der Waals surface area contributed by atoms with Crippen LogP contribution in [-0.2, 0) is 16.4 Å². The number of nitrogens with one attached hydrogen (secondary N) is 2. The molecule has 22 heavy (non-hydrogen) atoms. The van der Waals surface area contributed by atoms with Crippen molar-refractivity contribution in [3.05, 3.63) is 23.9 Å². The molecule has 0 fully saturated rings. The largest absolute Gasteiger partial charge is 0.481 e. The van der Waals surface area contributed by atoms with Gasteiger partial charge in [0.2, 0.25) is 5.88 Å². The van der Waals surface area contributed by atoms with E-state index in [1.54, 1.807) is 20.4 Å². The molecule has 0 aliphatic heterocycles. The monoisotopic (exact) mass is 328 g/mol. The summed E-state index contributed by atoms with van der Waals surface area (Å²) in [5.41, 5.74) is 0.914. The molecule has 2 N–H and O–H groups in total. The summed E-state index contributed by atoms with van der Waals surface area (Å²) in [7, 11) is 0.290. The molecule has 1 heterocycles. The van der Waals surface area contributed by atoms with E-state index in [1.807, 2.05) is 19.1 Å². The Hall–Kier alpha value is -1.83. The highest BCUT2D eigenvalue weighted by atomic mass is 32.2. The number of nitrogens with zero attached hydrogens (tertiary/aromatic N) is 2. The molecule has 1 aromatic heterocycles. The van der Waals surface area contributed by atoms with Crippen molar-refractivity contribution in [2.45, 2.75) is 25.9 Å². The van der Waals surface area contributed by atoms with Crippen LogP contribution in [0.4, 0.5) is 0 Å². The minimum atomic E-state index is -2.95. The number of rotatable bonds is 7. The second-order valence-corrected chi connectivity index (χ2v) is 7.32. The molecule has 1 unspecified atom stereocenters. The van der Waals surface area contributed by atoms with E-state index >= 15 is 0 Å². The molecular formula is C14H24N4O3S. The first kappa shape index (κ1) is 18.2. The SMILES string of the molecule is CN=C(NCc1cccnc1OC)NC(C)CCS(C)(=O)=O. The van der Waals surface area contributed by atoms with Gasteiger partial charge in [-0.3, -0.25) is 4.99 Å². The van der Waals surface area contributed by atoms with Crippen LogP contribution in [0.5, 0.6) is 5.88 Å². The molecule has 0 aliphatic carbocycles. The zero-order valence-corrected chi connectivity index (χ0v) is 14.3. The molecular weight excluding hydrogens is 304 g/mol. The number of hydrogen-bond donors (Lipinski definition) is 2. The Morgan fingerprint density at radius 1 is 1.50 bits per heavy atom. The summed E-state index contributed by atoms with van der Waals surface area (Å²) < 4.78 is 27.5. The van der Waals surface area contributed by atoms with Gasteiger partial charge in [-0.25, -0.2) is 13.4 Å². The van der Waals surface area contributed by atoms with E-state index in [4.69, 9.17) is 4.74 Å². The number of guanidine groups is 1. The van der Waals surface area contributed by atoms with Crippen molar-refractivity contribution in [3.63, 3.8) is 0 Å². The molecule has 0 spiro atoms. The van der Waals surface area contributed by atoms with E-state index in [2.05, 4.69) is 20.6 Å². The number of aromatic nitrogens is 1. The van der Waals surface area contributed by atoms with E-state index in [1.165, 1.54) is 6.26 Å². The Morgan fingerprint density at radius 2 is 2.23 bits per heavy atom. The van der Waals surface area contributed by atoms with Gasteiger partial charge in [0.1, 0.15) is 9.84 Å². The van der Waals surface area contributed by atoms with Gasteiger partial charge in [0.15, 0.2) is 5.96 Å². The number of methoxy groups -OCH3 is 1. The maximum Gasteiger partial charge on any atom is 0.218 e. The van der Waals surface area contributed by atoms with Gasteiger partial charge in [-0.05, 0) is 19.4 Å². The van der Waals surface area contributed by atoms with Crippen LogP contribution in [0.2, 0.25) is 0 Å². The number of aliphatic imine (C=N–C) groups is 1. The Labute approximate surface area is 132 Å². The first-order chi connectivity index (χ1) is 10.4. The number of hydrogen-bond acceptors (Lipinski definition) is 5. The Morgan fingerprint density at radius 3 is 2.82 bits per heavy atom. The lowest BCUT2D eigenvalue weighted by atomic mass is 10.2. The van der Waals surface area contributed by atoms with Gasteiger partial charge in [0.25, 0.3) is 0 Å².